The summed E-state index contributed by atoms with van der Waals surface area (Å²) in [6, 6.07) is 9.86. The second-order valence-electron chi connectivity index (χ2n) is 7.54. The van der Waals surface area contributed by atoms with Crippen molar-refractivity contribution in [3.8, 4) is 5.75 Å². The van der Waals surface area contributed by atoms with Crippen molar-refractivity contribution < 1.29 is 22.7 Å². The Hall–Kier alpha value is -2.62. The van der Waals surface area contributed by atoms with Crippen LogP contribution in [-0.4, -0.2) is 61.7 Å². The lowest BCUT2D eigenvalue weighted by Gasteiger charge is -2.34. The summed E-state index contributed by atoms with van der Waals surface area (Å²) in [6.07, 6.45) is -0.704. The molecular weight excluding hydrogens is 442 g/mol. The van der Waals surface area contributed by atoms with Crippen LogP contribution in [0.1, 0.15) is 22.8 Å². The van der Waals surface area contributed by atoms with Crippen molar-refractivity contribution in [3.05, 3.63) is 52.5 Å². The molecule has 2 aromatic carbocycles. The Morgan fingerprint density at radius 2 is 1.84 bits per heavy atom. The Labute approximate surface area is 185 Å². The van der Waals surface area contributed by atoms with Crippen molar-refractivity contribution in [1.82, 2.24) is 9.21 Å². The van der Waals surface area contributed by atoms with Gasteiger partial charge in [-0.1, -0.05) is 23.7 Å². The first-order valence-corrected chi connectivity index (χ1v) is 11.7. The minimum Gasteiger partial charge on any atom is -0.479 e. The van der Waals surface area contributed by atoms with E-state index in [2.05, 4.69) is 5.32 Å². The molecule has 164 valence electrons. The second-order valence-corrected chi connectivity index (χ2v) is 9.85. The number of rotatable bonds is 3. The van der Waals surface area contributed by atoms with Gasteiger partial charge in [0.2, 0.25) is 10.0 Å². The predicted octanol–water partition coefficient (Wildman–Crippen LogP) is 2.51. The topological polar surface area (TPSA) is 96.0 Å². The standard InChI is InChI=1S/C21H22ClN3O5S/c1-13-11-17-18(30-14(2)20(26)23-17)12-19(13)31(28,29)25-9-7-24(8-10-25)21(27)15-5-3-4-6-16(15)22/h3-6,11-12,14H,7-10H2,1-2H3,(H,23,26)/t14-/m0/s1. The van der Waals surface area contributed by atoms with Crippen LogP contribution in [0.4, 0.5) is 5.69 Å². The Balaban J connectivity index is 1.52. The average molecular weight is 464 g/mol. The number of anilines is 1. The van der Waals surface area contributed by atoms with E-state index < -0.39 is 16.1 Å². The van der Waals surface area contributed by atoms with E-state index in [0.29, 0.717) is 27.6 Å². The first-order chi connectivity index (χ1) is 14.7. The predicted molar refractivity (Wildman–Crippen MR) is 116 cm³/mol. The highest BCUT2D eigenvalue weighted by Gasteiger charge is 2.33. The molecule has 2 aliphatic rings. The van der Waals surface area contributed by atoms with Gasteiger partial charge in [0.15, 0.2) is 6.10 Å². The third-order valence-corrected chi connectivity index (χ3v) is 7.83. The van der Waals surface area contributed by atoms with E-state index in [9.17, 15) is 18.0 Å². The van der Waals surface area contributed by atoms with Gasteiger partial charge in [-0.15, -0.1) is 0 Å². The first kappa shape index (κ1) is 21.6. The smallest absolute Gasteiger partial charge is 0.265 e. The molecule has 1 atom stereocenters. The summed E-state index contributed by atoms with van der Waals surface area (Å²) in [6.45, 7) is 4.13. The van der Waals surface area contributed by atoms with Crippen molar-refractivity contribution in [2.75, 3.05) is 31.5 Å². The van der Waals surface area contributed by atoms with Crippen LogP contribution in [0, 0.1) is 6.92 Å². The lowest BCUT2D eigenvalue weighted by Crippen LogP contribution is -2.50. The molecule has 0 bridgehead atoms. The van der Waals surface area contributed by atoms with E-state index >= 15 is 0 Å². The Morgan fingerprint density at radius 3 is 2.52 bits per heavy atom. The molecule has 2 aromatic rings. The number of nitrogens with zero attached hydrogens (tertiary/aromatic N) is 2. The van der Waals surface area contributed by atoms with Crippen LogP contribution in [-0.2, 0) is 14.8 Å². The van der Waals surface area contributed by atoms with Crippen LogP contribution in [0.2, 0.25) is 5.02 Å². The number of hydrogen-bond donors (Lipinski definition) is 1. The fourth-order valence-electron chi connectivity index (χ4n) is 3.70. The number of hydrogen-bond acceptors (Lipinski definition) is 5. The molecule has 2 aliphatic heterocycles. The number of carbonyl (C=O) groups excluding carboxylic acids is 2. The molecular formula is C21H22ClN3O5S. The minimum atomic E-state index is -3.80. The molecule has 0 aromatic heterocycles. The van der Waals surface area contributed by atoms with Gasteiger partial charge in [-0.05, 0) is 37.6 Å². The number of nitrogens with one attached hydrogen (secondary N) is 1. The molecule has 1 saturated heterocycles. The summed E-state index contributed by atoms with van der Waals surface area (Å²) in [5, 5.41) is 3.09. The van der Waals surface area contributed by atoms with E-state index in [1.807, 2.05) is 0 Å². The number of benzene rings is 2. The fraction of sp³-hybridized carbons (Fsp3) is 0.333. The number of sulfonamides is 1. The normalized spacial score (nSPS) is 19.4. The lowest BCUT2D eigenvalue weighted by atomic mass is 10.1. The number of halogens is 1. The van der Waals surface area contributed by atoms with Gasteiger partial charge in [0, 0.05) is 32.2 Å². The van der Waals surface area contributed by atoms with E-state index in [-0.39, 0.29) is 42.9 Å². The lowest BCUT2D eigenvalue weighted by molar-refractivity contribution is -0.122. The van der Waals surface area contributed by atoms with Crippen molar-refractivity contribution >= 4 is 39.1 Å². The number of piperazine rings is 1. The zero-order valence-corrected chi connectivity index (χ0v) is 18.7. The van der Waals surface area contributed by atoms with Crippen LogP contribution < -0.4 is 10.1 Å². The van der Waals surface area contributed by atoms with Crippen molar-refractivity contribution in [2.24, 2.45) is 0 Å². The maximum atomic E-state index is 13.3. The summed E-state index contributed by atoms with van der Waals surface area (Å²) in [4.78, 5) is 26.3. The van der Waals surface area contributed by atoms with Crippen molar-refractivity contribution in [1.29, 1.82) is 0 Å². The Kier molecular flexibility index (Phi) is 5.67. The molecule has 0 radical (unpaired) electrons. The van der Waals surface area contributed by atoms with Crippen molar-refractivity contribution in [3.63, 3.8) is 0 Å². The van der Waals surface area contributed by atoms with Gasteiger partial charge < -0.3 is 15.0 Å². The summed E-state index contributed by atoms with van der Waals surface area (Å²) in [7, 11) is -3.80. The van der Waals surface area contributed by atoms with E-state index in [4.69, 9.17) is 16.3 Å². The number of aryl methyl sites for hydroxylation is 1. The molecule has 2 heterocycles. The van der Waals surface area contributed by atoms with Gasteiger partial charge >= 0.3 is 0 Å². The van der Waals surface area contributed by atoms with E-state index in [0.717, 1.165) is 0 Å². The summed E-state index contributed by atoms with van der Waals surface area (Å²) < 4.78 is 33.5. The van der Waals surface area contributed by atoms with Crippen LogP contribution in [0.3, 0.4) is 0 Å². The van der Waals surface area contributed by atoms with Crippen LogP contribution in [0.5, 0.6) is 5.75 Å². The van der Waals surface area contributed by atoms with Gasteiger partial charge in [-0.25, -0.2) is 8.42 Å². The van der Waals surface area contributed by atoms with Gasteiger partial charge in [0.25, 0.3) is 11.8 Å². The molecule has 10 heteroatoms. The molecule has 1 fully saturated rings. The molecule has 1 N–H and O–H groups in total. The maximum Gasteiger partial charge on any atom is 0.265 e. The zero-order chi connectivity index (χ0) is 22.3. The van der Waals surface area contributed by atoms with Gasteiger partial charge in [0.1, 0.15) is 5.75 Å². The van der Waals surface area contributed by atoms with Gasteiger partial charge in [0.05, 0.1) is 21.2 Å². The second kappa shape index (κ2) is 8.14. The summed E-state index contributed by atoms with van der Waals surface area (Å²) in [5.74, 6) is -0.170. The molecule has 8 nitrogen and oxygen atoms in total. The highest BCUT2D eigenvalue weighted by Crippen LogP contribution is 2.35. The minimum absolute atomic E-state index is 0.125. The van der Waals surface area contributed by atoms with Gasteiger partial charge in [-0.3, -0.25) is 9.59 Å². The number of fused-ring (bicyclic) bond motifs is 1. The number of carbonyl (C=O) groups is 2. The molecule has 0 aliphatic carbocycles. The molecule has 0 spiro atoms. The third-order valence-electron chi connectivity index (χ3n) is 5.46. The van der Waals surface area contributed by atoms with Crippen molar-refractivity contribution in [2.45, 2.75) is 24.8 Å². The summed E-state index contributed by atoms with van der Waals surface area (Å²) in [5.41, 5.74) is 1.36. The molecule has 31 heavy (non-hydrogen) atoms. The third kappa shape index (κ3) is 4.00. The molecule has 0 saturated carbocycles. The Morgan fingerprint density at radius 1 is 1.16 bits per heavy atom. The van der Waals surface area contributed by atoms with Crippen LogP contribution >= 0.6 is 11.6 Å². The number of ether oxygens (including phenoxy) is 1. The Bertz CT molecular complexity index is 1160. The van der Waals surface area contributed by atoms with E-state index in [1.165, 1.54) is 10.4 Å². The highest BCUT2D eigenvalue weighted by atomic mass is 35.5. The molecule has 0 unspecified atom stereocenters. The summed E-state index contributed by atoms with van der Waals surface area (Å²) >= 11 is 6.12. The van der Waals surface area contributed by atoms with Crippen LogP contribution in [0.25, 0.3) is 0 Å². The highest BCUT2D eigenvalue weighted by molar-refractivity contribution is 7.89. The fourth-order valence-corrected chi connectivity index (χ4v) is 5.56. The molecule has 2 amide bonds. The van der Waals surface area contributed by atoms with Gasteiger partial charge in [-0.2, -0.15) is 4.31 Å². The molecule has 4 rings (SSSR count). The average Bonchev–Trinajstić information content (AvgIpc) is 2.74. The SMILES string of the molecule is Cc1cc2c(cc1S(=O)(=O)N1CCN(C(=O)c3ccccc3Cl)CC1)O[C@@H](C)C(=O)N2. The van der Waals surface area contributed by atoms with Crippen LogP contribution in [0.15, 0.2) is 41.3 Å². The maximum absolute atomic E-state index is 13.3. The first-order valence-electron chi connectivity index (χ1n) is 9.84. The zero-order valence-electron chi connectivity index (χ0n) is 17.1. The number of amides is 2. The largest absolute Gasteiger partial charge is 0.479 e. The monoisotopic (exact) mass is 463 g/mol. The quantitative estimate of drug-likeness (QED) is 0.754. The van der Waals surface area contributed by atoms with E-state index in [1.54, 1.807) is 49.1 Å².